The van der Waals surface area contributed by atoms with E-state index in [1.165, 1.54) is 70.6 Å². The van der Waals surface area contributed by atoms with Crippen LogP contribution < -0.4 is 0 Å². The second-order valence-corrected chi connectivity index (χ2v) is 13.8. The molecule has 4 rings (SSSR count). The van der Waals surface area contributed by atoms with Crippen molar-refractivity contribution in [1.82, 2.24) is 4.90 Å². The van der Waals surface area contributed by atoms with Crippen molar-refractivity contribution < 1.29 is 4.74 Å². The minimum atomic E-state index is 0.451. The fourth-order valence-corrected chi connectivity index (χ4v) is 9.20. The van der Waals surface area contributed by atoms with Gasteiger partial charge in [-0.15, -0.1) is 0 Å². The molecule has 0 saturated heterocycles. The lowest BCUT2D eigenvalue weighted by Gasteiger charge is -2.58. The SMILES string of the molecule is CC(C)CCC[C@@H](C)[C@H]1CC[C@H]2[C@@H]3CC=C4C[C@@H](OCCN(C)C)CC[C@]4(C)[C@H]3CC[C@]12C. The highest BCUT2D eigenvalue weighted by Gasteiger charge is 2.59. The third-order valence-corrected chi connectivity index (χ3v) is 11.2. The number of hydrogen-bond donors (Lipinski definition) is 0. The first-order valence-corrected chi connectivity index (χ1v) is 14.6. The third kappa shape index (κ3) is 5.13. The quantitative estimate of drug-likeness (QED) is 0.325. The molecule has 0 bridgehead atoms. The number of hydrogen-bond acceptors (Lipinski definition) is 2. The largest absolute Gasteiger partial charge is 0.377 e. The van der Waals surface area contributed by atoms with Crippen LogP contribution in [-0.2, 0) is 4.74 Å². The van der Waals surface area contributed by atoms with Crippen molar-refractivity contribution in [1.29, 1.82) is 0 Å². The van der Waals surface area contributed by atoms with E-state index in [2.05, 4.69) is 59.7 Å². The standard InChI is InChI=1S/C31H55NO/c1-22(2)9-8-10-23(3)27-13-14-28-26-12-11-24-21-25(33-20-19-32(6)7)15-17-30(24,4)29(26)16-18-31(27,28)5/h11,22-23,25-29H,8-10,12-21H2,1-7H3/t23-,25+,26+,27-,28+,29+,30+,31-/m1/s1. The van der Waals surface area contributed by atoms with Crippen LogP contribution in [0.25, 0.3) is 0 Å². The van der Waals surface area contributed by atoms with Crippen LogP contribution in [0.15, 0.2) is 11.6 Å². The van der Waals surface area contributed by atoms with Gasteiger partial charge in [0.1, 0.15) is 0 Å². The van der Waals surface area contributed by atoms with Gasteiger partial charge in [0.15, 0.2) is 0 Å². The normalized spacial score (nSPS) is 41.5. The van der Waals surface area contributed by atoms with Gasteiger partial charge in [-0.3, -0.25) is 0 Å². The number of allylic oxidation sites excluding steroid dienone is 1. The molecule has 33 heavy (non-hydrogen) atoms. The number of ether oxygens (including phenoxy) is 1. The number of likely N-dealkylation sites (N-methyl/N-ethyl adjacent to an activating group) is 1. The van der Waals surface area contributed by atoms with E-state index in [-0.39, 0.29) is 0 Å². The summed E-state index contributed by atoms with van der Waals surface area (Å²) in [4.78, 5) is 2.23. The number of fused-ring (bicyclic) bond motifs is 5. The predicted octanol–water partition coefficient (Wildman–Crippen LogP) is 7.97. The van der Waals surface area contributed by atoms with Crippen molar-refractivity contribution in [3.63, 3.8) is 0 Å². The van der Waals surface area contributed by atoms with Gasteiger partial charge in [0.25, 0.3) is 0 Å². The molecule has 0 N–H and O–H groups in total. The van der Waals surface area contributed by atoms with Crippen LogP contribution >= 0.6 is 0 Å². The molecule has 4 aliphatic carbocycles. The van der Waals surface area contributed by atoms with E-state index in [1.54, 1.807) is 5.57 Å². The Morgan fingerprint density at radius 3 is 2.52 bits per heavy atom. The number of rotatable bonds is 9. The molecule has 3 fully saturated rings. The lowest BCUT2D eigenvalue weighted by Crippen LogP contribution is -2.51. The van der Waals surface area contributed by atoms with Crippen LogP contribution in [0.2, 0.25) is 0 Å². The van der Waals surface area contributed by atoms with Crippen LogP contribution in [0.1, 0.15) is 105 Å². The predicted molar refractivity (Wildman–Crippen MR) is 141 cm³/mol. The Hall–Kier alpha value is -0.340. The van der Waals surface area contributed by atoms with Gasteiger partial charge in [-0.05, 0) is 112 Å². The van der Waals surface area contributed by atoms with Crippen LogP contribution in [-0.4, -0.2) is 38.3 Å². The Morgan fingerprint density at radius 1 is 1.00 bits per heavy atom. The Bertz CT molecular complexity index is 682. The zero-order valence-electron chi connectivity index (χ0n) is 23.2. The Balaban J connectivity index is 1.41. The molecule has 0 radical (unpaired) electrons. The summed E-state index contributed by atoms with van der Waals surface area (Å²) in [6.45, 7) is 14.7. The zero-order chi connectivity index (χ0) is 23.8. The molecule has 0 aromatic heterocycles. The second-order valence-electron chi connectivity index (χ2n) is 13.8. The summed E-state index contributed by atoms with van der Waals surface area (Å²) in [6, 6.07) is 0. The van der Waals surface area contributed by atoms with E-state index in [9.17, 15) is 0 Å². The van der Waals surface area contributed by atoms with Crippen molar-refractivity contribution in [2.45, 2.75) is 111 Å². The summed E-state index contributed by atoms with van der Waals surface area (Å²) in [5.74, 6) is 5.57. The molecule has 2 nitrogen and oxygen atoms in total. The fraction of sp³-hybridized carbons (Fsp3) is 0.935. The molecule has 2 heteroatoms. The molecular weight excluding hydrogens is 402 g/mol. The van der Waals surface area contributed by atoms with Gasteiger partial charge in [-0.2, -0.15) is 0 Å². The van der Waals surface area contributed by atoms with Crippen molar-refractivity contribution in [3.8, 4) is 0 Å². The van der Waals surface area contributed by atoms with Gasteiger partial charge in [-0.25, -0.2) is 0 Å². The molecule has 0 aromatic carbocycles. The average Bonchev–Trinajstić information content (AvgIpc) is 3.10. The van der Waals surface area contributed by atoms with Crippen LogP contribution in [0, 0.1) is 46.3 Å². The smallest absolute Gasteiger partial charge is 0.0613 e. The zero-order valence-corrected chi connectivity index (χ0v) is 23.2. The minimum Gasteiger partial charge on any atom is -0.377 e. The monoisotopic (exact) mass is 457 g/mol. The van der Waals surface area contributed by atoms with Crippen LogP contribution in [0.4, 0.5) is 0 Å². The van der Waals surface area contributed by atoms with E-state index in [0.29, 0.717) is 16.9 Å². The van der Waals surface area contributed by atoms with Crippen molar-refractivity contribution in [3.05, 3.63) is 11.6 Å². The molecule has 8 atom stereocenters. The summed E-state index contributed by atoms with van der Waals surface area (Å²) in [7, 11) is 4.28. The maximum Gasteiger partial charge on any atom is 0.0613 e. The van der Waals surface area contributed by atoms with E-state index < -0.39 is 0 Å². The first kappa shape index (κ1) is 25.7. The fourth-order valence-electron chi connectivity index (χ4n) is 9.20. The molecule has 0 unspecified atom stereocenters. The maximum atomic E-state index is 6.31. The summed E-state index contributed by atoms with van der Waals surface area (Å²) in [5, 5.41) is 0. The highest BCUT2D eigenvalue weighted by molar-refractivity contribution is 5.25. The average molecular weight is 458 g/mol. The Labute approximate surface area is 206 Å². The van der Waals surface area contributed by atoms with Gasteiger partial charge in [0.05, 0.1) is 12.7 Å². The van der Waals surface area contributed by atoms with Crippen LogP contribution in [0.5, 0.6) is 0 Å². The third-order valence-electron chi connectivity index (χ3n) is 11.2. The molecule has 0 amide bonds. The van der Waals surface area contributed by atoms with E-state index in [4.69, 9.17) is 4.74 Å². The van der Waals surface area contributed by atoms with Gasteiger partial charge in [-0.1, -0.05) is 65.5 Å². The molecule has 0 aliphatic heterocycles. The van der Waals surface area contributed by atoms with Crippen molar-refractivity contribution >= 4 is 0 Å². The topological polar surface area (TPSA) is 12.5 Å². The van der Waals surface area contributed by atoms with Gasteiger partial charge < -0.3 is 9.64 Å². The molecule has 0 aromatic rings. The van der Waals surface area contributed by atoms with E-state index >= 15 is 0 Å². The van der Waals surface area contributed by atoms with Gasteiger partial charge in [0, 0.05) is 6.54 Å². The van der Waals surface area contributed by atoms with Crippen molar-refractivity contribution in [2.75, 3.05) is 27.2 Å². The molecule has 3 saturated carbocycles. The van der Waals surface area contributed by atoms with E-state index in [1.807, 2.05) is 0 Å². The second kappa shape index (κ2) is 10.3. The van der Waals surface area contributed by atoms with Gasteiger partial charge in [0.2, 0.25) is 0 Å². The first-order chi connectivity index (χ1) is 15.6. The lowest BCUT2D eigenvalue weighted by atomic mass is 9.47. The lowest BCUT2D eigenvalue weighted by molar-refractivity contribution is -0.0644. The Kier molecular flexibility index (Phi) is 8.06. The maximum absolute atomic E-state index is 6.31. The van der Waals surface area contributed by atoms with Gasteiger partial charge >= 0.3 is 0 Å². The minimum absolute atomic E-state index is 0.451. The molecule has 190 valence electrons. The summed E-state index contributed by atoms with van der Waals surface area (Å²) < 4.78 is 6.31. The first-order valence-electron chi connectivity index (χ1n) is 14.6. The summed E-state index contributed by atoms with van der Waals surface area (Å²) >= 11 is 0. The number of nitrogens with zero attached hydrogens (tertiary/aromatic N) is 1. The highest BCUT2D eigenvalue weighted by Crippen LogP contribution is 2.67. The summed E-state index contributed by atoms with van der Waals surface area (Å²) in [6.07, 6.45) is 18.6. The molecule has 0 heterocycles. The van der Waals surface area contributed by atoms with Crippen LogP contribution in [0.3, 0.4) is 0 Å². The molecule has 0 spiro atoms. The molecule has 4 aliphatic rings. The summed E-state index contributed by atoms with van der Waals surface area (Å²) in [5.41, 5.74) is 2.82. The molecular formula is C31H55NO. The van der Waals surface area contributed by atoms with E-state index in [0.717, 1.165) is 48.7 Å². The van der Waals surface area contributed by atoms with Crippen molar-refractivity contribution in [2.24, 2.45) is 46.3 Å². The highest BCUT2D eigenvalue weighted by atomic mass is 16.5. The Morgan fingerprint density at radius 2 is 1.79 bits per heavy atom.